The van der Waals surface area contributed by atoms with Crippen molar-refractivity contribution in [3.8, 4) is 5.75 Å². The van der Waals surface area contributed by atoms with Crippen molar-refractivity contribution in [3.05, 3.63) is 41.5 Å². The van der Waals surface area contributed by atoms with E-state index in [4.69, 9.17) is 14.5 Å². The number of halogens is 1. The van der Waals surface area contributed by atoms with E-state index >= 15 is 0 Å². The first kappa shape index (κ1) is 23.3. The molecule has 0 radical (unpaired) electrons. The summed E-state index contributed by atoms with van der Waals surface area (Å²) in [5, 5.41) is 15.9. The number of aromatic nitrogens is 3. The molecule has 1 saturated carbocycles. The Balaban J connectivity index is 0.00000245. The molecule has 4 atom stereocenters. The normalized spacial score (nSPS) is 27.9. The number of benzene rings is 1. The lowest BCUT2D eigenvalue weighted by atomic mass is 9.57. The number of aryl methyl sites for hydroxylation is 1. The summed E-state index contributed by atoms with van der Waals surface area (Å²) in [5.41, 5.74) is 1.24. The van der Waals surface area contributed by atoms with Gasteiger partial charge in [-0.1, -0.05) is 32.0 Å². The van der Waals surface area contributed by atoms with E-state index in [0.29, 0.717) is 31.2 Å². The number of nitrogens with zero attached hydrogens (tertiary/aromatic N) is 4. The third-order valence-corrected chi connectivity index (χ3v) is 7.22. The van der Waals surface area contributed by atoms with Gasteiger partial charge < -0.3 is 24.7 Å². The van der Waals surface area contributed by atoms with Crippen molar-refractivity contribution in [2.24, 2.45) is 23.4 Å². The Labute approximate surface area is 206 Å². The Hall–Kier alpha value is -1.88. The Morgan fingerprint density at radius 2 is 2.00 bits per heavy atom. The minimum absolute atomic E-state index is 0. The number of nitrogens with one attached hydrogen (secondary N) is 2. The maximum atomic E-state index is 5.98. The number of ether oxygens (including phenoxy) is 2. The molecule has 5 rings (SSSR count). The molecule has 32 heavy (non-hydrogen) atoms. The average Bonchev–Trinajstić information content (AvgIpc) is 3.36. The van der Waals surface area contributed by atoms with Crippen molar-refractivity contribution >= 4 is 29.9 Å². The fourth-order valence-corrected chi connectivity index (χ4v) is 5.29. The van der Waals surface area contributed by atoms with Crippen LogP contribution in [-0.2, 0) is 18.3 Å². The largest absolute Gasteiger partial charge is 0.493 e. The van der Waals surface area contributed by atoms with E-state index in [1.165, 1.54) is 5.56 Å². The molecule has 2 aliphatic heterocycles. The zero-order valence-corrected chi connectivity index (χ0v) is 21.5. The zero-order valence-electron chi connectivity index (χ0n) is 19.2. The van der Waals surface area contributed by atoms with Gasteiger partial charge in [0.2, 0.25) is 0 Å². The Kier molecular flexibility index (Phi) is 6.67. The standard InChI is InChI=1S/C23H32N6O2.HI/c1-14-27-28-19(29(14)4)13-24-22(26-20-16-9-11-31-21(16)23(20,2)3)25-17-10-12-30-18-8-6-5-7-15(17)18;/h5-8,16-17,20-21H,9-13H2,1-4H3,(H2,24,25,26);1H. The van der Waals surface area contributed by atoms with Crippen LogP contribution in [-0.4, -0.2) is 46.1 Å². The second-order valence-corrected chi connectivity index (χ2v) is 9.45. The first-order chi connectivity index (χ1) is 14.9. The number of rotatable bonds is 4. The molecule has 174 valence electrons. The van der Waals surface area contributed by atoms with E-state index in [0.717, 1.165) is 42.8 Å². The summed E-state index contributed by atoms with van der Waals surface area (Å²) >= 11 is 0. The third kappa shape index (κ3) is 4.09. The highest BCUT2D eigenvalue weighted by Crippen LogP contribution is 2.52. The minimum Gasteiger partial charge on any atom is -0.493 e. The van der Waals surface area contributed by atoms with Crippen LogP contribution in [0.3, 0.4) is 0 Å². The number of guanidine groups is 1. The van der Waals surface area contributed by atoms with Crippen LogP contribution in [0.25, 0.3) is 0 Å². The van der Waals surface area contributed by atoms with Crippen LogP contribution in [0, 0.1) is 18.3 Å². The molecule has 8 nitrogen and oxygen atoms in total. The molecular formula is C23H33IN6O2. The molecule has 0 bridgehead atoms. The molecule has 2 fully saturated rings. The molecule has 3 heterocycles. The molecule has 1 aromatic carbocycles. The average molecular weight is 552 g/mol. The lowest BCUT2D eigenvalue weighted by molar-refractivity contribution is -0.106. The van der Waals surface area contributed by atoms with Crippen molar-refractivity contribution in [2.75, 3.05) is 13.2 Å². The summed E-state index contributed by atoms with van der Waals surface area (Å²) in [5.74, 6) is 4.02. The van der Waals surface area contributed by atoms with Gasteiger partial charge in [0.25, 0.3) is 0 Å². The summed E-state index contributed by atoms with van der Waals surface area (Å²) in [4.78, 5) is 4.93. The first-order valence-electron chi connectivity index (χ1n) is 11.2. The van der Waals surface area contributed by atoms with Gasteiger partial charge in [-0.25, -0.2) is 4.99 Å². The van der Waals surface area contributed by atoms with Gasteiger partial charge in [-0.3, -0.25) is 0 Å². The van der Waals surface area contributed by atoms with Gasteiger partial charge in [-0.05, 0) is 19.4 Å². The molecule has 2 aromatic rings. The van der Waals surface area contributed by atoms with Gasteiger partial charge >= 0.3 is 0 Å². The topological polar surface area (TPSA) is 85.6 Å². The van der Waals surface area contributed by atoms with Gasteiger partial charge in [0.1, 0.15) is 18.1 Å². The van der Waals surface area contributed by atoms with Crippen LogP contribution >= 0.6 is 24.0 Å². The van der Waals surface area contributed by atoms with Crippen LogP contribution in [0.2, 0.25) is 0 Å². The lowest BCUT2D eigenvalue weighted by Crippen LogP contribution is -2.68. The van der Waals surface area contributed by atoms with Gasteiger partial charge in [-0.15, -0.1) is 34.2 Å². The van der Waals surface area contributed by atoms with Crippen molar-refractivity contribution < 1.29 is 9.47 Å². The van der Waals surface area contributed by atoms with Crippen LogP contribution in [0.5, 0.6) is 5.75 Å². The molecule has 0 amide bonds. The number of aliphatic imine (C=N–C) groups is 1. The smallest absolute Gasteiger partial charge is 0.192 e. The van der Waals surface area contributed by atoms with E-state index < -0.39 is 0 Å². The molecule has 2 N–H and O–H groups in total. The number of hydrogen-bond donors (Lipinski definition) is 2. The van der Waals surface area contributed by atoms with Gasteiger partial charge in [-0.2, -0.15) is 0 Å². The van der Waals surface area contributed by atoms with Crippen LogP contribution in [0.4, 0.5) is 0 Å². The second-order valence-electron chi connectivity index (χ2n) is 9.45. The highest BCUT2D eigenvalue weighted by Gasteiger charge is 2.59. The minimum atomic E-state index is 0. The molecule has 3 aliphatic rings. The van der Waals surface area contributed by atoms with Crippen LogP contribution in [0.1, 0.15) is 49.9 Å². The Bertz CT molecular complexity index is 991. The van der Waals surface area contributed by atoms with Crippen molar-refractivity contribution in [1.82, 2.24) is 25.4 Å². The maximum Gasteiger partial charge on any atom is 0.192 e. The predicted octanol–water partition coefficient (Wildman–Crippen LogP) is 3.11. The van der Waals surface area contributed by atoms with E-state index in [-0.39, 0.29) is 35.4 Å². The molecule has 1 saturated heterocycles. The molecule has 1 aromatic heterocycles. The van der Waals surface area contributed by atoms with E-state index in [1.807, 2.05) is 30.7 Å². The SMILES string of the molecule is Cc1nnc(CN=C(NC2CCOc3ccccc32)NC2C3CCOC3C2(C)C)n1C.I. The monoisotopic (exact) mass is 552 g/mol. The molecule has 0 spiro atoms. The predicted molar refractivity (Wildman–Crippen MR) is 133 cm³/mol. The number of fused-ring (bicyclic) bond motifs is 2. The Morgan fingerprint density at radius 1 is 1.19 bits per heavy atom. The van der Waals surface area contributed by atoms with E-state index in [2.05, 4.69) is 46.8 Å². The number of hydrogen-bond acceptors (Lipinski definition) is 5. The zero-order chi connectivity index (χ0) is 21.6. The van der Waals surface area contributed by atoms with Gasteiger partial charge in [0.15, 0.2) is 11.8 Å². The molecular weight excluding hydrogens is 519 g/mol. The van der Waals surface area contributed by atoms with Crippen molar-refractivity contribution in [2.45, 2.75) is 58.3 Å². The summed E-state index contributed by atoms with van der Waals surface area (Å²) < 4.78 is 13.8. The summed E-state index contributed by atoms with van der Waals surface area (Å²) in [6, 6.07) is 8.71. The summed E-state index contributed by atoms with van der Waals surface area (Å²) in [6.07, 6.45) is 2.32. The first-order valence-corrected chi connectivity index (χ1v) is 11.2. The molecule has 1 aliphatic carbocycles. The van der Waals surface area contributed by atoms with Gasteiger partial charge in [0.05, 0.1) is 18.8 Å². The quantitative estimate of drug-likeness (QED) is 0.345. The Morgan fingerprint density at radius 3 is 2.78 bits per heavy atom. The number of para-hydroxylation sites is 1. The van der Waals surface area contributed by atoms with Gasteiger partial charge in [0, 0.05) is 43.0 Å². The highest BCUT2D eigenvalue weighted by molar-refractivity contribution is 14.0. The molecule has 9 heteroatoms. The van der Waals surface area contributed by atoms with Crippen LogP contribution in [0.15, 0.2) is 29.3 Å². The summed E-state index contributed by atoms with van der Waals surface area (Å²) in [6.45, 7) is 8.53. The molecule has 4 unspecified atom stereocenters. The lowest BCUT2D eigenvalue weighted by Gasteiger charge is -2.55. The second kappa shape index (κ2) is 9.17. The van der Waals surface area contributed by atoms with E-state index in [1.54, 1.807) is 0 Å². The fourth-order valence-electron chi connectivity index (χ4n) is 5.29. The fraction of sp³-hybridized carbons (Fsp3) is 0.609. The summed E-state index contributed by atoms with van der Waals surface area (Å²) in [7, 11) is 1.98. The van der Waals surface area contributed by atoms with E-state index in [9.17, 15) is 0 Å². The van der Waals surface area contributed by atoms with Crippen LogP contribution < -0.4 is 15.4 Å². The third-order valence-electron chi connectivity index (χ3n) is 7.22. The highest BCUT2D eigenvalue weighted by atomic mass is 127. The van der Waals surface area contributed by atoms with Crippen molar-refractivity contribution in [1.29, 1.82) is 0 Å². The maximum absolute atomic E-state index is 5.98. The van der Waals surface area contributed by atoms with Crippen molar-refractivity contribution in [3.63, 3.8) is 0 Å².